The van der Waals surface area contributed by atoms with Gasteiger partial charge in [0.1, 0.15) is 22.7 Å². The number of benzene rings is 1. The Labute approximate surface area is 163 Å². The van der Waals surface area contributed by atoms with E-state index >= 15 is 0 Å². The number of thiophene rings is 1. The number of aromatic nitrogens is 1. The summed E-state index contributed by atoms with van der Waals surface area (Å²) in [6.45, 7) is 4.92. The number of rotatable bonds is 2. The predicted octanol–water partition coefficient (Wildman–Crippen LogP) is 4.68. The molecule has 1 saturated heterocycles. The molecule has 3 aromatic rings. The maximum absolute atomic E-state index is 6.35. The van der Waals surface area contributed by atoms with Crippen molar-refractivity contribution in [3.05, 3.63) is 51.7 Å². The van der Waals surface area contributed by atoms with E-state index in [4.69, 9.17) is 14.5 Å². The number of pyridine rings is 1. The first-order valence-corrected chi connectivity index (χ1v) is 10.5. The Morgan fingerprint density at radius 2 is 2.07 bits per heavy atom. The zero-order valence-corrected chi connectivity index (χ0v) is 16.6. The molecular weight excluding hydrogens is 356 g/mol. The molecule has 0 amide bonds. The first kappa shape index (κ1) is 17.0. The van der Waals surface area contributed by atoms with Crippen LogP contribution in [0.2, 0.25) is 0 Å². The van der Waals surface area contributed by atoms with Crippen LogP contribution in [0.3, 0.4) is 0 Å². The van der Waals surface area contributed by atoms with Crippen LogP contribution in [-0.2, 0) is 16.8 Å². The molecule has 0 aliphatic carbocycles. The van der Waals surface area contributed by atoms with Gasteiger partial charge in [-0.3, -0.25) is 0 Å². The monoisotopic (exact) mass is 380 g/mol. The molecular formula is C22H24N2O2S. The van der Waals surface area contributed by atoms with Crippen LogP contribution in [0.15, 0.2) is 35.7 Å². The Kier molecular flexibility index (Phi) is 4.10. The Morgan fingerprint density at radius 1 is 1.22 bits per heavy atom. The van der Waals surface area contributed by atoms with Crippen LogP contribution in [0.4, 0.5) is 5.82 Å². The van der Waals surface area contributed by atoms with Gasteiger partial charge in [-0.15, -0.1) is 11.3 Å². The van der Waals surface area contributed by atoms with Crippen molar-refractivity contribution in [1.82, 2.24) is 4.98 Å². The van der Waals surface area contributed by atoms with Gasteiger partial charge in [0.2, 0.25) is 0 Å². The van der Waals surface area contributed by atoms with Crippen LogP contribution < -0.4 is 9.64 Å². The van der Waals surface area contributed by atoms with Gasteiger partial charge in [-0.1, -0.05) is 12.1 Å². The summed E-state index contributed by atoms with van der Waals surface area (Å²) in [6.07, 6.45) is 3.09. The molecule has 0 atom stereocenters. The second-order valence-electron chi connectivity index (χ2n) is 7.51. The second kappa shape index (κ2) is 6.50. The van der Waals surface area contributed by atoms with Crippen LogP contribution >= 0.6 is 11.3 Å². The van der Waals surface area contributed by atoms with Gasteiger partial charge in [0.15, 0.2) is 0 Å². The average molecular weight is 381 g/mol. The third kappa shape index (κ3) is 2.72. The summed E-state index contributed by atoms with van der Waals surface area (Å²) < 4.78 is 11.9. The highest BCUT2D eigenvalue weighted by Gasteiger charge is 2.42. The van der Waals surface area contributed by atoms with Crippen LogP contribution in [0.5, 0.6) is 5.75 Å². The lowest BCUT2D eigenvalue weighted by atomic mass is 9.85. The van der Waals surface area contributed by atoms with E-state index in [1.54, 1.807) is 7.11 Å². The summed E-state index contributed by atoms with van der Waals surface area (Å²) in [7, 11) is 1.71. The summed E-state index contributed by atoms with van der Waals surface area (Å²) in [6, 6.07) is 10.6. The fraction of sp³-hybridized carbons (Fsp3) is 0.409. The summed E-state index contributed by atoms with van der Waals surface area (Å²) >= 11 is 1.86. The molecule has 0 unspecified atom stereocenters. The summed E-state index contributed by atoms with van der Waals surface area (Å²) in [5.74, 6) is 1.88. The van der Waals surface area contributed by atoms with E-state index in [2.05, 4.69) is 35.4 Å². The van der Waals surface area contributed by atoms with Crippen molar-refractivity contribution >= 4 is 28.1 Å². The van der Waals surface area contributed by atoms with Gasteiger partial charge in [-0.05, 0) is 60.9 Å². The minimum Gasteiger partial charge on any atom is -0.494 e. The number of aryl methyl sites for hydroxylation is 1. The van der Waals surface area contributed by atoms with Gasteiger partial charge < -0.3 is 14.4 Å². The molecule has 0 saturated carbocycles. The molecule has 0 bridgehead atoms. The molecule has 1 spiro atoms. The minimum atomic E-state index is -0.0815. The van der Waals surface area contributed by atoms with Crippen molar-refractivity contribution in [2.45, 2.75) is 31.8 Å². The molecule has 1 aromatic carbocycles. The number of hydrogen-bond donors (Lipinski definition) is 0. The van der Waals surface area contributed by atoms with Crippen molar-refractivity contribution in [3.63, 3.8) is 0 Å². The fourth-order valence-corrected chi connectivity index (χ4v) is 5.69. The van der Waals surface area contributed by atoms with Crippen LogP contribution in [0, 0.1) is 6.92 Å². The number of anilines is 1. The Balaban J connectivity index is 1.45. The lowest BCUT2D eigenvalue weighted by molar-refractivity contribution is -0.0735. The van der Waals surface area contributed by atoms with Crippen LogP contribution in [0.25, 0.3) is 10.9 Å². The van der Waals surface area contributed by atoms with Crippen molar-refractivity contribution in [1.29, 1.82) is 0 Å². The molecule has 2 aromatic heterocycles. The minimum absolute atomic E-state index is 0.0815. The van der Waals surface area contributed by atoms with E-state index in [0.717, 1.165) is 61.4 Å². The number of nitrogens with zero attached hydrogens (tertiary/aromatic N) is 2. The maximum atomic E-state index is 6.35. The number of hydrogen-bond acceptors (Lipinski definition) is 5. The van der Waals surface area contributed by atoms with Gasteiger partial charge in [-0.25, -0.2) is 4.98 Å². The van der Waals surface area contributed by atoms with Gasteiger partial charge in [0.05, 0.1) is 13.7 Å². The van der Waals surface area contributed by atoms with Crippen LogP contribution in [0.1, 0.15) is 28.8 Å². The lowest BCUT2D eigenvalue weighted by Crippen LogP contribution is -2.46. The molecule has 0 radical (unpaired) electrons. The van der Waals surface area contributed by atoms with E-state index < -0.39 is 0 Å². The summed E-state index contributed by atoms with van der Waals surface area (Å²) in [4.78, 5) is 8.82. The highest BCUT2D eigenvalue weighted by atomic mass is 32.1. The SMILES string of the molecule is COc1cccc2c(C)cc(N3CCC4(CC3)OCCc3ccsc34)nc12. The van der Waals surface area contributed by atoms with E-state index in [9.17, 15) is 0 Å². The normalized spacial score (nSPS) is 18.7. The first-order valence-electron chi connectivity index (χ1n) is 9.60. The lowest BCUT2D eigenvalue weighted by Gasteiger charge is -2.44. The zero-order valence-electron chi connectivity index (χ0n) is 15.8. The molecule has 5 heteroatoms. The topological polar surface area (TPSA) is 34.6 Å². The standard InChI is InChI=1S/C22H24N2O2S/c1-15-14-19(23-20-17(15)4-3-5-18(20)25-2)24-10-8-22(9-11-24)21-16(6-12-26-22)7-13-27-21/h3-5,7,13-14H,6,8-12H2,1-2H3. The van der Waals surface area contributed by atoms with Gasteiger partial charge in [0.25, 0.3) is 0 Å². The maximum Gasteiger partial charge on any atom is 0.145 e. The van der Waals surface area contributed by atoms with E-state index in [0.29, 0.717) is 0 Å². The molecule has 2 aliphatic rings. The molecule has 140 valence electrons. The van der Waals surface area contributed by atoms with Crippen molar-refractivity contribution in [2.24, 2.45) is 0 Å². The number of piperidine rings is 1. The van der Waals surface area contributed by atoms with Crippen molar-refractivity contribution in [2.75, 3.05) is 31.7 Å². The molecule has 5 rings (SSSR count). The second-order valence-corrected chi connectivity index (χ2v) is 8.42. The summed E-state index contributed by atoms with van der Waals surface area (Å²) in [5.41, 5.74) is 3.60. The number of fused-ring (bicyclic) bond motifs is 3. The molecule has 2 aliphatic heterocycles. The predicted molar refractivity (Wildman–Crippen MR) is 110 cm³/mol. The quantitative estimate of drug-likeness (QED) is 0.646. The number of methoxy groups -OCH3 is 1. The van der Waals surface area contributed by atoms with Crippen molar-refractivity contribution in [3.8, 4) is 5.75 Å². The van der Waals surface area contributed by atoms with Gasteiger partial charge in [0, 0.05) is 23.4 Å². The zero-order chi connectivity index (χ0) is 18.4. The third-order valence-corrected chi connectivity index (χ3v) is 7.16. The van der Waals surface area contributed by atoms with E-state index in [1.165, 1.54) is 16.0 Å². The smallest absolute Gasteiger partial charge is 0.145 e. The first-order chi connectivity index (χ1) is 13.2. The Morgan fingerprint density at radius 3 is 2.89 bits per heavy atom. The number of ether oxygens (including phenoxy) is 2. The highest BCUT2D eigenvalue weighted by molar-refractivity contribution is 7.10. The largest absolute Gasteiger partial charge is 0.494 e. The van der Waals surface area contributed by atoms with Gasteiger partial charge >= 0.3 is 0 Å². The van der Waals surface area contributed by atoms with E-state index in [-0.39, 0.29) is 5.60 Å². The molecule has 4 heterocycles. The molecule has 27 heavy (non-hydrogen) atoms. The molecule has 4 nitrogen and oxygen atoms in total. The third-order valence-electron chi connectivity index (χ3n) is 6.02. The number of para-hydroxylation sites is 1. The van der Waals surface area contributed by atoms with Gasteiger partial charge in [-0.2, -0.15) is 0 Å². The van der Waals surface area contributed by atoms with Crippen molar-refractivity contribution < 1.29 is 9.47 Å². The van der Waals surface area contributed by atoms with E-state index in [1.807, 2.05) is 23.5 Å². The average Bonchev–Trinajstić information content (AvgIpc) is 3.19. The molecule has 0 N–H and O–H groups in total. The Bertz CT molecular complexity index is 989. The van der Waals surface area contributed by atoms with Crippen LogP contribution in [-0.4, -0.2) is 31.8 Å². The summed E-state index contributed by atoms with van der Waals surface area (Å²) in [5, 5.41) is 3.37. The molecule has 1 fully saturated rings. The fourth-order valence-electron chi connectivity index (χ4n) is 4.52. The Hall–Kier alpha value is -2.11. The highest BCUT2D eigenvalue weighted by Crippen LogP contribution is 2.44.